The summed E-state index contributed by atoms with van der Waals surface area (Å²) in [5, 5.41) is 25.0. The molecule has 4 rings (SSSR count). The van der Waals surface area contributed by atoms with E-state index in [0.717, 1.165) is 13.0 Å². The van der Waals surface area contributed by atoms with Crippen LogP contribution in [0.4, 0.5) is 17.1 Å². The van der Waals surface area contributed by atoms with Gasteiger partial charge < -0.3 is 25.0 Å². The summed E-state index contributed by atoms with van der Waals surface area (Å²) in [6, 6.07) is 14.6. The fourth-order valence-electron chi connectivity index (χ4n) is 3.98. The maximum absolute atomic E-state index is 12.7. The Hall–Kier alpha value is -4.46. The third kappa shape index (κ3) is 7.34. The molecule has 0 radical (unpaired) electrons. The number of nitriles is 1. The average Bonchev–Trinajstić information content (AvgIpc) is 2.94. The van der Waals surface area contributed by atoms with E-state index in [4.69, 9.17) is 21.1 Å². The van der Waals surface area contributed by atoms with Gasteiger partial charge in [-0.15, -0.1) is 0 Å². The first-order chi connectivity index (χ1) is 19.4. The largest absolute Gasteiger partial charge is 0.492 e. The predicted molar refractivity (Wildman–Crippen MR) is 155 cm³/mol. The van der Waals surface area contributed by atoms with Crippen molar-refractivity contribution in [3.8, 4) is 17.6 Å². The molecule has 0 saturated carbocycles. The number of aromatic nitrogens is 3. The number of hydrogen-bond donors (Lipinski definition) is 2. The van der Waals surface area contributed by atoms with Gasteiger partial charge in [0.15, 0.2) is 0 Å². The highest BCUT2D eigenvalue weighted by Gasteiger charge is 2.16. The van der Waals surface area contributed by atoms with Crippen LogP contribution in [0.25, 0.3) is 10.9 Å². The summed E-state index contributed by atoms with van der Waals surface area (Å²) < 4.78 is 11.6. The molecule has 0 spiro atoms. The molecule has 206 valence electrons. The summed E-state index contributed by atoms with van der Waals surface area (Å²) in [6.07, 6.45) is 4.19. The Labute approximate surface area is 237 Å². The molecule has 2 aromatic heterocycles. The van der Waals surface area contributed by atoms with Crippen molar-refractivity contribution in [2.45, 2.75) is 26.4 Å². The van der Waals surface area contributed by atoms with Gasteiger partial charge in [-0.2, -0.15) is 15.5 Å². The second-order valence-electron chi connectivity index (χ2n) is 9.19. The van der Waals surface area contributed by atoms with E-state index in [1.807, 2.05) is 32.0 Å². The maximum Gasteiger partial charge on any atom is 0.224 e. The fourth-order valence-corrected chi connectivity index (χ4v) is 4.22. The van der Waals surface area contributed by atoms with Gasteiger partial charge in [0, 0.05) is 36.0 Å². The SMILES string of the molecule is CCOc1cc2ncc(C#N)c(Nc3ccc(OCc4cccnn4)c(Cl)c3)c2cc1NC(=O)CCCN(C)C. The quantitative estimate of drug-likeness (QED) is 0.230. The minimum atomic E-state index is -0.120. The second-order valence-corrected chi connectivity index (χ2v) is 9.59. The van der Waals surface area contributed by atoms with Crippen LogP contribution < -0.4 is 20.1 Å². The number of anilines is 3. The van der Waals surface area contributed by atoms with Crippen molar-refractivity contribution in [2.75, 3.05) is 37.9 Å². The Kier molecular flexibility index (Phi) is 9.67. The molecule has 0 fully saturated rings. The van der Waals surface area contributed by atoms with Crippen LogP contribution in [0.2, 0.25) is 5.02 Å². The molecule has 0 saturated heterocycles. The summed E-state index contributed by atoms with van der Waals surface area (Å²) in [7, 11) is 3.94. The Morgan fingerprint density at radius 2 is 2.00 bits per heavy atom. The standard InChI is InChI=1S/C29H30ClN7O3/c1-4-39-27-15-24-22(14-25(27)35-28(38)8-6-12-37(2)3)29(19(16-31)17-32-24)34-20-9-10-26(23(30)13-20)40-18-21-7-5-11-33-36-21/h5,7,9-11,13-15,17H,4,6,8,12,18H2,1-3H3,(H,32,34)(H,35,38). The molecular weight excluding hydrogens is 530 g/mol. The average molecular weight is 560 g/mol. The van der Waals surface area contributed by atoms with Gasteiger partial charge in [0.05, 0.1) is 34.1 Å². The lowest BCUT2D eigenvalue weighted by Gasteiger charge is -2.17. The highest BCUT2D eigenvalue weighted by Crippen LogP contribution is 2.37. The lowest BCUT2D eigenvalue weighted by Crippen LogP contribution is -2.17. The van der Waals surface area contributed by atoms with Gasteiger partial charge >= 0.3 is 0 Å². The van der Waals surface area contributed by atoms with Gasteiger partial charge in [-0.25, -0.2) is 0 Å². The number of hydrogen-bond acceptors (Lipinski definition) is 9. The number of halogens is 1. The molecule has 0 bridgehead atoms. The molecular formula is C29H30ClN7O3. The van der Waals surface area contributed by atoms with Gasteiger partial charge in [0.2, 0.25) is 5.91 Å². The molecule has 2 N–H and O–H groups in total. The number of nitrogens with one attached hydrogen (secondary N) is 2. The van der Waals surface area contributed by atoms with E-state index in [-0.39, 0.29) is 12.5 Å². The smallest absolute Gasteiger partial charge is 0.224 e. The number of carbonyl (C=O) groups excluding carboxylic acids is 1. The minimum Gasteiger partial charge on any atom is -0.492 e. The topological polar surface area (TPSA) is 125 Å². The normalized spacial score (nSPS) is 10.8. The lowest BCUT2D eigenvalue weighted by molar-refractivity contribution is -0.116. The molecule has 0 aliphatic carbocycles. The van der Waals surface area contributed by atoms with Crippen molar-refractivity contribution in [3.63, 3.8) is 0 Å². The number of pyridine rings is 1. The van der Waals surface area contributed by atoms with E-state index in [0.29, 0.717) is 68.8 Å². The van der Waals surface area contributed by atoms with Crippen LogP contribution in [-0.4, -0.2) is 53.2 Å². The second kappa shape index (κ2) is 13.6. The van der Waals surface area contributed by atoms with E-state index >= 15 is 0 Å². The summed E-state index contributed by atoms with van der Waals surface area (Å²) in [4.78, 5) is 19.2. The summed E-state index contributed by atoms with van der Waals surface area (Å²) in [5.41, 5.74) is 3.29. The molecule has 0 unspecified atom stereocenters. The van der Waals surface area contributed by atoms with Crippen LogP contribution in [0.15, 0.2) is 54.9 Å². The molecule has 10 nitrogen and oxygen atoms in total. The fraction of sp³-hybridized carbons (Fsp3) is 0.276. The number of rotatable bonds is 12. The van der Waals surface area contributed by atoms with E-state index in [9.17, 15) is 10.1 Å². The van der Waals surface area contributed by atoms with Gasteiger partial charge in [-0.1, -0.05) is 11.6 Å². The van der Waals surface area contributed by atoms with Crippen molar-refractivity contribution in [1.82, 2.24) is 20.1 Å². The van der Waals surface area contributed by atoms with E-state index in [1.54, 1.807) is 42.6 Å². The molecule has 40 heavy (non-hydrogen) atoms. The summed E-state index contributed by atoms with van der Waals surface area (Å²) in [5.74, 6) is 0.871. The predicted octanol–water partition coefficient (Wildman–Crippen LogP) is 5.55. The minimum absolute atomic E-state index is 0.120. The lowest BCUT2D eigenvalue weighted by atomic mass is 10.1. The molecule has 0 aliphatic heterocycles. The molecule has 1 amide bonds. The van der Waals surface area contributed by atoms with Gasteiger partial charge in [-0.05, 0) is 70.4 Å². The zero-order chi connectivity index (χ0) is 28.5. The summed E-state index contributed by atoms with van der Waals surface area (Å²) in [6.45, 7) is 3.32. The van der Waals surface area contributed by atoms with Crippen molar-refractivity contribution in [3.05, 3.63) is 71.1 Å². The first-order valence-electron chi connectivity index (χ1n) is 12.8. The highest BCUT2D eigenvalue weighted by atomic mass is 35.5. The van der Waals surface area contributed by atoms with Gasteiger partial charge in [0.25, 0.3) is 0 Å². The molecule has 0 aliphatic rings. The Morgan fingerprint density at radius 1 is 1.15 bits per heavy atom. The first-order valence-corrected chi connectivity index (χ1v) is 13.2. The van der Waals surface area contributed by atoms with Gasteiger partial charge in [-0.3, -0.25) is 9.78 Å². The molecule has 2 heterocycles. The van der Waals surface area contributed by atoms with Crippen LogP contribution in [0.1, 0.15) is 31.0 Å². The monoisotopic (exact) mass is 559 g/mol. The van der Waals surface area contributed by atoms with Gasteiger partial charge in [0.1, 0.15) is 29.9 Å². The number of amides is 1. The van der Waals surface area contributed by atoms with Crippen molar-refractivity contribution >= 4 is 45.5 Å². The van der Waals surface area contributed by atoms with Crippen LogP contribution in [0, 0.1) is 11.3 Å². The van der Waals surface area contributed by atoms with E-state index in [2.05, 4.69) is 31.9 Å². The van der Waals surface area contributed by atoms with E-state index < -0.39 is 0 Å². The number of carbonyl (C=O) groups is 1. The van der Waals surface area contributed by atoms with Crippen LogP contribution in [0.3, 0.4) is 0 Å². The van der Waals surface area contributed by atoms with E-state index in [1.165, 1.54) is 6.20 Å². The zero-order valence-electron chi connectivity index (χ0n) is 22.6. The van der Waals surface area contributed by atoms with Crippen LogP contribution in [-0.2, 0) is 11.4 Å². The van der Waals surface area contributed by atoms with Crippen molar-refractivity contribution in [2.24, 2.45) is 0 Å². The van der Waals surface area contributed by atoms with Crippen molar-refractivity contribution in [1.29, 1.82) is 5.26 Å². The molecule has 0 atom stereocenters. The number of nitrogens with zero attached hydrogens (tertiary/aromatic N) is 5. The highest BCUT2D eigenvalue weighted by molar-refractivity contribution is 6.32. The number of benzene rings is 2. The Balaban J connectivity index is 1.62. The number of ether oxygens (including phenoxy) is 2. The van der Waals surface area contributed by atoms with Crippen molar-refractivity contribution < 1.29 is 14.3 Å². The Morgan fingerprint density at radius 3 is 2.70 bits per heavy atom. The van der Waals surface area contributed by atoms with Crippen LogP contribution in [0.5, 0.6) is 11.5 Å². The summed E-state index contributed by atoms with van der Waals surface area (Å²) >= 11 is 6.51. The molecule has 4 aromatic rings. The number of fused-ring (bicyclic) bond motifs is 1. The first kappa shape index (κ1) is 28.5. The maximum atomic E-state index is 12.7. The molecule has 11 heteroatoms. The van der Waals surface area contributed by atoms with Crippen LogP contribution >= 0.6 is 11.6 Å². The molecule has 2 aromatic carbocycles. The Bertz CT molecular complexity index is 1520. The zero-order valence-corrected chi connectivity index (χ0v) is 23.3. The third-order valence-electron chi connectivity index (χ3n) is 5.88. The third-order valence-corrected chi connectivity index (χ3v) is 6.17.